The summed E-state index contributed by atoms with van der Waals surface area (Å²) in [5.74, 6) is 0.109. The number of carbonyl (C=O) groups excluding carboxylic acids is 1. The molecule has 2 N–H and O–H groups in total. The van der Waals surface area contributed by atoms with Gasteiger partial charge in [0.15, 0.2) is 0 Å². The van der Waals surface area contributed by atoms with E-state index in [1.165, 1.54) is 32.4 Å². The smallest absolute Gasteiger partial charge is 0.233 e. The van der Waals surface area contributed by atoms with Crippen LogP contribution in [0.4, 0.5) is 0 Å². The maximum absolute atomic E-state index is 11.4. The highest BCUT2D eigenvalue weighted by Gasteiger charge is 2.16. The highest BCUT2D eigenvalue weighted by Crippen LogP contribution is 2.11. The van der Waals surface area contributed by atoms with Crippen LogP contribution in [0, 0.1) is 0 Å². The summed E-state index contributed by atoms with van der Waals surface area (Å²) < 4.78 is 0. The van der Waals surface area contributed by atoms with Crippen molar-refractivity contribution >= 4 is 5.91 Å². The molecule has 17 heavy (non-hydrogen) atoms. The van der Waals surface area contributed by atoms with Crippen LogP contribution in [-0.2, 0) is 4.79 Å². The quantitative estimate of drug-likeness (QED) is 0.698. The van der Waals surface area contributed by atoms with Gasteiger partial charge in [0.25, 0.3) is 0 Å². The fraction of sp³-hybridized carbons (Fsp3) is 0.923. The van der Waals surface area contributed by atoms with Crippen LogP contribution in [0.25, 0.3) is 0 Å². The Morgan fingerprint density at radius 1 is 1.29 bits per heavy atom. The Balaban J connectivity index is 2.06. The minimum Gasteiger partial charge on any atom is -0.355 e. The second kappa shape index (κ2) is 8.48. The number of hydrogen-bond acceptors (Lipinski definition) is 3. The van der Waals surface area contributed by atoms with Crippen molar-refractivity contribution in [3.05, 3.63) is 0 Å². The fourth-order valence-corrected chi connectivity index (χ4v) is 2.21. The summed E-state index contributed by atoms with van der Waals surface area (Å²) >= 11 is 0. The summed E-state index contributed by atoms with van der Waals surface area (Å²) in [6.45, 7) is 8.85. The van der Waals surface area contributed by atoms with Crippen molar-refractivity contribution in [2.24, 2.45) is 0 Å². The van der Waals surface area contributed by atoms with E-state index in [2.05, 4.69) is 29.4 Å². The van der Waals surface area contributed by atoms with Crippen molar-refractivity contribution in [2.75, 3.05) is 32.7 Å². The van der Waals surface area contributed by atoms with Gasteiger partial charge in [-0.05, 0) is 39.3 Å². The molecule has 1 aliphatic rings. The Kier molecular flexibility index (Phi) is 7.21. The monoisotopic (exact) mass is 241 g/mol. The number of carbonyl (C=O) groups is 1. The van der Waals surface area contributed by atoms with Crippen molar-refractivity contribution in [1.82, 2.24) is 15.5 Å². The lowest BCUT2D eigenvalue weighted by atomic mass is 10.1. The second-order valence-corrected chi connectivity index (χ2v) is 4.93. The first-order chi connectivity index (χ1) is 8.24. The number of likely N-dealkylation sites (tertiary alicyclic amines) is 1. The number of amides is 1. The van der Waals surface area contributed by atoms with Crippen molar-refractivity contribution in [3.8, 4) is 0 Å². The molecule has 1 amide bonds. The van der Waals surface area contributed by atoms with E-state index in [1.54, 1.807) is 0 Å². The zero-order chi connectivity index (χ0) is 12.5. The average molecular weight is 241 g/mol. The van der Waals surface area contributed by atoms with E-state index in [1.807, 2.05) is 0 Å². The highest BCUT2D eigenvalue weighted by molar-refractivity contribution is 5.77. The zero-order valence-electron chi connectivity index (χ0n) is 11.3. The van der Waals surface area contributed by atoms with E-state index in [9.17, 15) is 4.79 Å². The lowest BCUT2D eigenvalue weighted by Crippen LogP contribution is -2.45. The maximum Gasteiger partial charge on any atom is 0.233 e. The first kappa shape index (κ1) is 14.5. The van der Waals surface area contributed by atoms with E-state index < -0.39 is 0 Å². The number of nitrogens with zero attached hydrogens (tertiary/aromatic N) is 1. The Labute approximate surface area is 105 Å². The molecule has 1 unspecified atom stereocenters. The van der Waals surface area contributed by atoms with Gasteiger partial charge in [0.05, 0.1) is 6.54 Å². The molecule has 0 radical (unpaired) electrons. The van der Waals surface area contributed by atoms with Gasteiger partial charge in [0, 0.05) is 19.1 Å². The Morgan fingerprint density at radius 3 is 2.65 bits per heavy atom. The van der Waals surface area contributed by atoms with Crippen LogP contribution in [0.1, 0.15) is 39.5 Å². The third-order valence-corrected chi connectivity index (χ3v) is 3.31. The van der Waals surface area contributed by atoms with E-state index in [-0.39, 0.29) is 5.91 Å². The summed E-state index contributed by atoms with van der Waals surface area (Å²) in [4.78, 5) is 13.9. The number of nitrogens with one attached hydrogen (secondary N) is 2. The minimum atomic E-state index is 0.109. The molecule has 1 atom stereocenters. The molecule has 0 aromatic heterocycles. The number of piperidine rings is 1. The summed E-state index contributed by atoms with van der Waals surface area (Å²) in [5.41, 5.74) is 0. The van der Waals surface area contributed by atoms with Gasteiger partial charge < -0.3 is 10.6 Å². The summed E-state index contributed by atoms with van der Waals surface area (Å²) in [5, 5.41) is 6.11. The summed E-state index contributed by atoms with van der Waals surface area (Å²) in [6.07, 6.45) is 5.01. The molecule has 0 aliphatic carbocycles. The van der Waals surface area contributed by atoms with Crippen LogP contribution in [-0.4, -0.2) is 49.6 Å². The topological polar surface area (TPSA) is 44.4 Å². The van der Waals surface area contributed by atoms with E-state index >= 15 is 0 Å². The molecule has 100 valence electrons. The molecule has 1 rings (SSSR count). The van der Waals surface area contributed by atoms with Crippen LogP contribution in [0.2, 0.25) is 0 Å². The van der Waals surface area contributed by atoms with Crippen molar-refractivity contribution in [1.29, 1.82) is 0 Å². The van der Waals surface area contributed by atoms with Gasteiger partial charge in [-0.3, -0.25) is 9.69 Å². The van der Waals surface area contributed by atoms with E-state index in [0.29, 0.717) is 12.6 Å². The molecule has 0 aromatic rings. The van der Waals surface area contributed by atoms with Crippen LogP contribution in [0.15, 0.2) is 0 Å². The highest BCUT2D eigenvalue weighted by atomic mass is 16.1. The normalized spacial score (nSPS) is 18.9. The van der Waals surface area contributed by atoms with E-state index in [0.717, 1.165) is 19.5 Å². The van der Waals surface area contributed by atoms with Crippen LogP contribution >= 0.6 is 0 Å². The fourth-order valence-electron chi connectivity index (χ4n) is 2.21. The molecule has 0 saturated carbocycles. The minimum absolute atomic E-state index is 0.109. The van der Waals surface area contributed by atoms with Gasteiger partial charge in [-0.1, -0.05) is 13.3 Å². The number of hydrogen-bond donors (Lipinski definition) is 2. The predicted octanol–water partition coefficient (Wildman–Crippen LogP) is 0.977. The summed E-state index contributed by atoms with van der Waals surface area (Å²) in [6, 6.07) is 0.536. The van der Waals surface area contributed by atoms with Crippen LogP contribution < -0.4 is 10.6 Å². The molecule has 4 heteroatoms. The molecular weight excluding hydrogens is 214 g/mol. The maximum atomic E-state index is 11.4. The molecule has 1 saturated heterocycles. The lowest BCUT2D eigenvalue weighted by molar-refractivity contribution is -0.120. The molecule has 1 fully saturated rings. The molecule has 4 nitrogen and oxygen atoms in total. The van der Waals surface area contributed by atoms with Gasteiger partial charge in [-0.2, -0.15) is 0 Å². The Hall–Kier alpha value is -0.610. The molecule has 1 aliphatic heterocycles. The van der Waals surface area contributed by atoms with Crippen molar-refractivity contribution in [3.63, 3.8) is 0 Å². The van der Waals surface area contributed by atoms with Gasteiger partial charge in [-0.25, -0.2) is 0 Å². The average Bonchev–Trinajstić information content (AvgIpc) is 2.37. The molecular formula is C13H27N3O. The SMILES string of the molecule is CCCNC(=O)CNCC(C)N1CCCCC1. The first-order valence-electron chi connectivity index (χ1n) is 6.95. The molecule has 0 bridgehead atoms. The van der Waals surface area contributed by atoms with Gasteiger partial charge in [0.2, 0.25) is 5.91 Å². The van der Waals surface area contributed by atoms with Gasteiger partial charge >= 0.3 is 0 Å². The third-order valence-electron chi connectivity index (χ3n) is 3.31. The Morgan fingerprint density at radius 2 is 2.00 bits per heavy atom. The van der Waals surface area contributed by atoms with Crippen molar-refractivity contribution < 1.29 is 4.79 Å². The standard InChI is InChI=1S/C13H27N3O/c1-3-7-15-13(17)11-14-10-12(2)16-8-5-4-6-9-16/h12,14H,3-11H2,1-2H3,(H,15,17). The van der Waals surface area contributed by atoms with Gasteiger partial charge in [-0.15, -0.1) is 0 Å². The number of rotatable bonds is 7. The lowest BCUT2D eigenvalue weighted by Gasteiger charge is -2.32. The van der Waals surface area contributed by atoms with Crippen LogP contribution in [0.5, 0.6) is 0 Å². The molecule has 0 spiro atoms. The second-order valence-electron chi connectivity index (χ2n) is 4.93. The molecule has 1 heterocycles. The first-order valence-corrected chi connectivity index (χ1v) is 6.95. The zero-order valence-corrected chi connectivity index (χ0v) is 11.3. The summed E-state index contributed by atoms with van der Waals surface area (Å²) in [7, 11) is 0. The third kappa shape index (κ3) is 6.03. The van der Waals surface area contributed by atoms with Crippen LogP contribution in [0.3, 0.4) is 0 Å². The molecule has 0 aromatic carbocycles. The van der Waals surface area contributed by atoms with Gasteiger partial charge in [0.1, 0.15) is 0 Å². The largest absolute Gasteiger partial charge is 0.355 e. The van der Waals surface area contributed by atoms with Crippen molar-refractivity contribution in [2.45, 2.75) is 45.6 Å². The predicted molar refractivity (Wildman–Crippen MR) is 71.1 cm³/mol. The Bertz CT molecular complexity index is 215. The van der Waals surface area contributed by atoms with E-state index in [4.69, 9.17) is 0 Å².